The van der Waals surface area contributed by atoms with Crippen LogP contribution < -0.4 is 4.90 Å². The van der Waals surface area contributed by atoms with Gasteiger partial charge < -0.3 is 4.90 Å². The molecule has 0 aliphatic heterocycles. The largest absolute Gasteiger partial charge is 0.372 e. The maximum atomic E-state index is 10.9. The number of nitro groups is 1. The highest BCUT2D eigenvalue weighted by atomic mass is 35.5. The first-order valence-corrected chi connectivity index (χ1v) is 6.77. The van der Waals surface area contributed by atoms with Crippen LogP contribution in [0.4, 0.5) is 11.4 Å². The lowest BCUT2D eigenvalue weighted by atomic mass is 10.1. The van der Waals surface area contributed by atoms with Crippen LogP contribution in [0.2, 0.25) is 0 Å². The summed E-state index contributed by atoms with van der Waals surface area (Å²) in [5.74, 6) is 0.963. The Balaban J connectivity index is 2.23. The van der Waals surface area contributed by atoms with Crippen LogP contribution in [0, 0.1) is 16.0 Å². The van der Waals surface area contributed by atoms with Crippen molar-refractivity contribution < 1.29 is 4.92 Å². The van der Waals surface area contributed by atoms with E-state index < -0.39 is 0 Å². The van der Waals surface area contributed by atoms with E-state index in [1.165, 1.54) is 12.8 Å². The van der Waals surface area contributed by atoms with Crippen molar-refractivity contribution in [1.29, 1.82) is 0 Å². The topological polar surface area (TPSA) is 46.4 Å². The Kier molecular flexibility index (Phi) is 4.07. The first-order chi connectivity index (χ1) is 8.65. The molecule has 2 rings (SSSR count). The Labute approximate surface area is 112 Å². The molecule has 1 aromatic rings. The van der Waals surface area contributed by atoms with Crippen LogP contribution in [-0.4, -0.2) is 18.0 Å². The van der Waals surface area contributed by atoms with Crippen LogP contribution in [0.3, 0.4) is 0 Å². The molecule has 4 nitrogen and oxygen atoms in total. The summed E-state index contributed by atoms with van der Waals surface area (Å²) in [7, 11) is 0. The van der Waals surface area contributed by atoms with Crippen LogP contribution in [0.25, 0.3) is 0 Å². The molecule has 0 N–H and O–H groups in total. The molecule has 0 saturated heterocycles. The zero-order valence-electron chi connectivity index (χ0n) is 10.4. The first-order valence-electron chi connectivity index (χ1n) is 6.24. The molecule has 98 valence electrons. The fourth-order valence-corrected chi connectivity index (χ4v) is 2.30. The van der Waals surface area contributed by atoms with Gasteiger partial charge in [0.2, 0.25) is 0 Å². The number of rotatable bonds is 6. The van der Waals surface area contributed by atoms with Gasteiger partial charge in [-0.05, 0) is 37.8 Å². The molecular formula is C13H17ClN2O2. The van der Waals surface area contributed by atoms with E-state index in [0.29, 0.717) is 5.56 Å². The van der Waals surface area contributed by atoms with E-state index in [1.54, 1.807) is 6.07 Å². The van der Waals surface area contributed by atoms with Crippen molar-refractivity contribution in [2.24, 2.45) is 5.92 Å². The lowest BCUT2D eigenvalue weighted by Crippen LogP contribution is -2.25. The Bertz CT molecular complexity index is 447. The van der Waals surface area contributed by atoms with Gasteiger partial charge in [-0.2, -0.15) is 0 Å². The Morgan fingerprint density at radius 3 is 2.72 bits per heavy atom. The summed E-state index contributed by atoms with van der Waals surface area (Å²) in [5.41, 5.74) is 1.73. The van der Waals surface area contributed by atoms with E-state index in [4.69, 9.17) is 11.6 Å². The molecule has 0 bridgehead atoms. The van der Waals surface area contributed by atoms with Crippen molar-refractivity contribution in [3.05, 3.63) is 33.9 Å². The van der Waals surface area contributed by atoms with Crippen molar-refractivity contribution in [2.75, 3.05) is 18.0 Å². The molecular weight excluding hydrogens is 252 g/mol. The summed E-state index contributed by atoms with van der Waals surface area (Å²) in [4.78, 5) is 12.7. The van der Waals surface area contributed by atoms with Gasteiger partial charge in [-0.1, -0.05) is 0 Å². The van der Waals surface area contributed by atoms with E-state index in [9.17, 15) is 10.1 Å². The first kappa shape index (κ1) is 13.1. The molecule has 18 heavy (non-hydrogen) atoms. The molecule has 1 aliphatic carbocycles. The predicted molar refractivity (Wildman–Crippen MR) is 73.3 cm³/mol. The second-order valence-electron chi connectivity index (χ2n) is 4.69. The molecule has 1 aromatic carbocycles. The average Bonchev–Trinajstić information content (AvgIpc) is 3.19. The standard InChI is InChI=1S/C13H17ClN2O2/c1-2-15(9-10-3-4-10)12-5-6-13(16(17)18)11(7-12)8-14/h5-7,10H,2-4,8-9H2,1H3. The Hall–Kier alpha value is -1.29. The SMILES string of the molecule is CCN(CC1CC1)c1ccc([N+](=O)[O-])c(CCl)c1. The number of halogens is 1. The second kappa shape index (κ2) is 5.57. The van der Waals surface area contributed by atoms with Crippen molar-refractivity contribution in [2.45, 2.75) is 25.6 Å². The molecule has 0 aromatic heterocycles. The second-order valence-corrected chi connectivity index (χ2v) is 4.95. The van der Waals surface area contributed by atoms with Gasteiger partial charge >= 0.3 is 0 Å². The third-order valence-electron chi connectivity index (χ3n) is 3.33. The molecule has 1 fully saturated rings. The maximum Gasteiger partial charge on any atom is 0.273 e. The number of alkyl halides is 1. The van der Waals surface area contributed by atoms with Crippen LogP contribution in [0.15, 0.2) is 18.2 Å². The van der Waals surface area contributed by atoms with Gasteiger partial charge in [-0.25, -0.2) is 0 Å². The van der Waals surface area contributed by atoms with Gasteiger partial charge in [-0.15, -0.1) is 11.6 Å². The number of anilines is 1. The maximum absolute atomic E-state index is 10.9. The molecule has 5 heteroatoms. The summed E-state index contributed by atoms with van der Waals surface area (Å²) in [6, 6.07) is 5.22. The van der Waals surface area contributed by atoms with Gasteiger partial charge in [0.25, 0.3) is 5.69 Å². The van der Waals surface area contributed by atoms with E-state index in [1.807, 2.05) is 12.1 Å². The zero-order chi connectivity index (χ0) is 13.1. The fourth-order valence-electron chi connectivity index (χ4n) is 2.08. The van der Waals surface area contributed by atoms with Crippen molar-refractivity contribution in [3.8, 4) is 0 Å². The Morgan fingerprint density at radius 2 is 2.22 bits per heavy atom. The highest BCUT2D eigenvalue weighted by Gasteiger charge is 2.24. The van der Waals surface area contributed by atoms with E-state index in [0.717, 1.165) is 24.7 Å². The van der Waals surface area contributed by atoms with Crippen molar-refractivity contribution in [1.82, 2.24) is 0 Å². The van der Waals surface area contributed by atoms with Gasteiger partial charge in [-0.3, -0.25) is 10.1 Å². The number of benzene rings is 1. The molecule has 0 amide bonds. The molecule has 1 aliphatic rings. The zero-order valence-corrected chi connectivity index (χ0v) is 11.2. The normalized spacial score (nSPS) is 14.6. The van der Waals surface area contributed by atoms with Gasteiger partial charge in [0.1, 0.15) is 0 Å². The van der Waals surface area contributed by atoms with Crippen LogP contribution >= 0.6 is 11.6 Å². The van der Waals surface area contributed by atoms with Gasteiger partial charge in [0, 0.05) is 30.4 Å². The number of nitrogens with zero attached hydrogens (tertiary/aromatic N) is 2. The van der Waals surface area contributed by atoms with E-state index in [2.05, 4.69) is 11.8 Å². The monoisotopic (exact) mass is 268 g/mol. The van der Waals surface area contributed by atoms with Crippen molar-refractivity contribution in [3.63, 3.8) is 0 Å². The summed E-state index contributed by atoms with van der Waals surface area (Å²) >= 11 is 5.79. The van der Waals surface area contributed by atoms with Crippen LogP contribution in [-0.2, 0) is 5.88 Å². The minimum absolute atomic E-state index is 0.108. The average molecular weight is 269 g/mol. The summed E-state index contributed by atoms with van der Waals surface area (Å²) in [5, 5.41) is 10.9. The minimum Gasteiger partial charge on any atom is -0.372 e. The summed E-state index contributed by atoms with van der Waals surface area (Å²) in [6.45, 7) is 4.05. The fraction of sp³-hybridized carbons (Fsp3) is 0.538. The lowest BCUT2D eigenvalue weighted by molar-refractivity contribution is -0.385. The molecule has 1 saturated carbocycles. The van der Waals surface area contributed by atoms with Gasteiger partial charge in [0.05, 0.1) is 10.8 Å². The number of hydrogen-bond donors (Lipinski definition) is 0. The van der Waals surface area contributed by atoms with Crippen molar-refractivity contribution >= 4 is 23.0 Å². The summed E-state index contributed by atoms with van der Waals surface area (Å²) < 4.78 is 0. The highest BCUT2D eigenvalue weighted by Crippen LogP contribution is 2.33. The van der Waals surface area contributed by atoms with Gasteiger partial charge in [0.15, 0.2) is 0 Å². The third kappa shape index (κ3) is 2.93. The Morgan fingerprint density at radius 1 is 1.50 bits per heavy atom. The van der Waals surface area contributed by atoms with Crippen LogP contribution in [0.5, 0.6) is 0 Å². The molecule has 0 atom stereocenters. The quantitative estimate of drug-likeness (QED) is 0.450. The highest BCUT2D eigenvalue weighted by molar-refractivity contribution is 6.17. The minimum atomic E-state index is -0.376. The molecule has 0 unspecified atom stereocenters. The number of nitro benzene ring substituents is 1. The lowest BCUT2D eigenvalue weighted by Gasteiger charge is -2.23. The summed E-state index contributed by atoms with van der Waals surface area (Å²) in [6.07, 6.45) is 2.59. The smallest absolute Gasteiger partial charge is 0.273 e. The predicted octanol–water partition coefficient (Wildman–Crippen LogP) is 3.57. The van der Waals surface area contributed by atoms with E-state index >= 15 is 0 Å². The molecule has 0 spiro atoms. The number of hydrogen-bond acceptors (Lipinski definition) is 3. The van der Waals surface area contributed by atoms with E-state index in [-0.39, 0.29) is 16.5 Å². The molecule has 0 radical (unpaired) electrons. The third-order valence-corrected chi connectivity index (χ3v) is 3.61. The molecule has 0 heterocycles. The van der Waals surface area contributed by atoms with Crippen LogP contribution in [0.1, 0.15) is 25.3 Å².